The number of carbonyl (C=O) groups excluding carboxylic acids is 2. The van der Waals surface area contributed by atoms with Crippen LogP contribution in [0.4, 0.5) is 5.82 Å². The van der Waals surface area contributed by atoms with Crippen LogP contribution in [0.3, 0.4) is 0 Å². The standard InChI is InChI=1S/C21H24ClN5O2/c1-26(20(28)15-3-4-15)17-8-9-27(13-17)21(29)16-5-7-19(25-12-16)24-11-14-2-6-18(22)23-10-14/h2,5-7,10,12,15,17H,3-4,8-9,11,13H2,1H3,(H,24,25)/t17-/m0/s1. The Morgan fingerprint density at radius 1 is 1.17 bits per heavy atom. The smallest absolute Gasteiger partial charge is 0.255 e. The first-order chi connectivity index (χ1) is 14.0. The summed E-state index contributed by atoms with van der Waals surface area (Å²) < 4.78 is 0. The third-order valence-electron chi connectivity index (χ3n) is 5.55. The molecule has 2 aliphatic rings. The minimum Gasteiger partial charge on any atom is -0.366 e. The largest absolute Gasteiger partial charge is 0.366 e. The lowest BCUT2D eigenvalue weighted by atomic mass is 10.2. The van der Waals surface area contributed by atoms with Crippen LogP contribution < -0.4 is 5.32 Å². The summed E-state index contributed by atoms with van der Waals surface area (Å²) in [5.41, 5.74) is 1.55. The molecule has 0 spiro atoms. The fourth-order valence-electron chi connectivity index (χ4n) is 3.55. The molecule has 1 aliphatic carbocycles. The molecule has 1 saturated carbocycles. The third kappa shape index (κ3) is 4.67. The molecule has 8 heteroatoms. The van der Waals surface area contributed by atoms with Crippen LogP contribution in [0.2, 0.25) is 5.15 Å². The Morgan fingerprint density at radius 3 is 2.66 bits per heavy atom. The van der Waals surface area contributed by atoms with Crippen molar-refractivity contribution in [1.82, 2.24) is 19.8 Å². The van der Waals surface area contributed by atoms with Gasteiger partial charge < -0.3 is 15.1 Å². The Kier molecular flexibility index (Phi) is 5.67. The average molecular weight is 414 g/mol. The molecule has 1 aliphatic heterocycles. The van der Waals surface area contributed by atoms with Gasteiger partial charge in [-0.2, -0.15) is 0 Å². The van der Waals surface area contributed by atoms with Crippen LogP contribution in [0.1, 0.15) is 35.2 Å². The molecule has 7 nitrogen and oxygen atoms in total. The lowest BCUT2D eigenvalue weighted by Crippen LogP contribution is -2.40. The van der Waals surface area contributed by atoms with Gasteiger partial charge in [-0.1, -0.05) is 17.7 Å². The number of anilines is 1. The molecule has 0 aromatic carbocycles. The van der Waals surface area contributed by atoms with Crippen LogP contribution in [-0.4, -0.2) is 57.8 Å². The fraction of sp³-hybridized carbons (Fsp3) is 0.429. The maximum absolute atomic E-state index is 12.8. The summed E-state index contributed by atoms with van der Waals surface area (Å²) in [6.45, 7) is 1.81. The van der Waals surface area contributed by atoms with Crippen molar-refractivity contribution in [3.05, 3.63) is 52.9 Å². The fourth-order valence-corrected chi connectivity index (χ4v) is 3.66. The summed E-state index contributed by atoms with van der Waals surface area (Å²) in [5.74, 6) is 1.07. The highest BCUT2D eigenvalue weighted by Crippen LogP contribution is 2.32. The van der Waals surface area contributed by atoms with Crippen LogP contribution in [0, 0.1) is 5.92 Å². The molecule has 2 aromatic rings. The maximum atomic E-state index is 12.8. The Balaban J connectivity index is 1.31. The van der Waals surface area contributed by atoms with E-state index < -0.39 is 0 Å². The van der Waals surface area contributed by atoms with Crippen molar-refractivity contribution >= 4 is 29.2 Å². The first-order valence-corrected chi connectivity index (χ1v) is 10.3. The quantitative estimate of drug-likeness (QED) is 0.737. The maximum Gasteiger partial charge on any atom is 0.255 e. The topological polar surface area (TPSA) is 78.4 Å². The number of hydrogen-bond acceptors (Lipinski definition) is 5. The normalized spacial score (nSPS) is 18.6. The van der Waals surface area contributed by atoms with Gasteiger partial charge in [0.2, 0.25) is 5.91 Å². The van der Waals surface area contributed by atoms with E-state index in [-0.39, 0.29) is 23.8 Å². The molecule has 1 N–H and O–H groups in total. The highest BCUT2D eigenvalue weighted by molar-refractivity contribution is 6.29. The van der Waals surface area contributed by atoms with Gasteiger partial charge in [0.1, 0.15) is 11.0 Å². The molecule has 152 valence electrons. The second-order valence-electron chi connectivity index (χ2n) is 7.69. The minimum absolute atomic E-state index is 0.0410. The van der Waals surface area contributed by atoms with Crippen LogP contribution in [0.15, 0.2) is 36.7 Å². The number of hydrogen-bond donors (Lipinski definition) is 1. The molecule has 2 fully saturated rings. The molecular weight excluding hydrogens is 390 g/mol. The molecule has 1 atom stereocenters. The zero-order valence-electron chi connectivity index (χ0n) is 16.3. The average Bonchev–Trinajstić information content (AvgIpc) is 3.48. The van der Waals surface area contributed by atoms with Gasteiger partial charge in [0, 0.05) is 45.0 Å². The predicted molar refractivity (Wildman–Crippen MR) is 111 cm³/mol. The summed E-state index contributed by atoms with van der Waals surface area (Å²) in [6.07, 6.45) is 6.13. The van der Waals surface area contributed by atoms with E-state index in [0.29, 0.717) is 36.2 Å². The summed E-state index contributed by atoms with van der Waals surface area (Å²) in [4.78, 5) is 37.1. The first kappa shape index (κ1) is 19.6. The van der Waals surface area contributed by atoms with Crippen molar-refractivity contribution in [2.45, 2.75) is 31.8 Å². The summed E-state index contributed by atoms with van der Waals surface area (Å²) >= 11 is 5.79. The van der Waals surface area contributed by atoms with Gasteiger partial charge in [0.05, 0.1) is 11.6 Å². The summed E-state index contributed by atoms with van der Waals surface area (Å²) in [5, 5.41) is 3.66. The van der Waals surface area contributed by atoms with Crippen molar-refractivity contribution < 1.29 is 9.59 Å². The number of nitrogens with one attached hydrogen (secondary N) is 1. The zero-order chi connectivity index (χ0) is 20.4. The van der Waals surface area contributed by atoms with Crippen LogP contribution in [-0.2, 0) is 11.3 Å². The second kappa shape index (κ2) is 8.37. The lowest BCUT2D eigenvalue weighted by Gasteiger charge is -2.25. The van der Waals surface area contributed by atoms with Gasteiger partial charge in [-0.25, -0.2) is 9.97 Å². The van der Waals surface area contributed by atoms with Gasteiger partial charge in [-0.05, 0) is 43.0 Å². The van der Waals surface area contributed by atoms with Crippen LogP contribution >= 0.6 is 11.6 Å². The van der Waals surface area contributed by atoms with Crippen molar-refractivity contribution in [3.8, 4) is 0 Å². The number of halogens is 1. The zero-order valence-corrected chi connectivity index (χ0v) is 17.1. The number of likely N-dealkylation sites (N-methyl/N-ethyl adjacent to an activating group) is 1. The first-order valence-electron chi connectivity index (χ1n) is 9.87. The Morgan fingerprint density at radius 2 is 2.00 bits per heavy atom. The van der Waals surface area contributed by atoms with E-state index in [1.165, 1.54) is 0 Å². The Labute approximate surface area is 175 Å². The Hall–Kier alpha value is -2.67. The molecule has 3 heterocycles. The van der Waals surface area contributed by atoms with Crippen LogP contribution in [0.5, 0.6) is 0 Å². The molecule has 0 unspecified atom stereocenters. The number of likely N-dealkylation sites (tertiary alicyclic amines) is 1. The van der Waals surface area contributed by atoms with E-state index in [2.05, 4.69) is 15.3 Å². The molecule has 29 heavy (non-hydrogen) atoms. The second-order valence-corrected chi connectivity index (χ2v) is 8.08. The van der Waals surface area contributed by atoms with E-state index in [4.69, 9.17) is 11.6 Å². The lowest BCUT2D eigenvalue weighted by molar-refractivity contribution is -0.133. The number of amides is 2. The highest BCUT2D eigenvalue weighted by atomic mass is 35.5. The predicted octanol–water partition coefficient (Wildman–Crippen LogP) is 2.83. The van der Waals surface area contributed by atoms with E-state index in [1.54, 1.807) is 30.6 Å². The SMILES string of the molecule is CN(C(=O)C1CC1)[C@H]1CCN(C(=O)c2ccc(NCc3ccc(Cl)nc3)nc2)C1. The molecule has 0 bridgehead atoms. The number of carbonyl (C=O) groups is 2. The number of pyridine rings is 2. The van der Waals surface area contributed by atoms with Gasteiger partial charge in [0.15, 0.2) is 0 Å². The highest BCUT2D eigenvalue weighted by Gasteiger charge is 2.37. The van der Waals surface area contributed by atoms with Gasteiger partial charge in [-0.3, -0.25) is 9.59 Å². The third-order valence-corrected chi connectivity index (χ3v) is 5.77. The van der Waals surface area contributed by atoms with Crippen LogP contribution in [0.25, 0.3) is 0 Å². The Bertz CT molecular complexity index is 883. The van der Waals surface area contributed by atoms with Crippen molar-refractivity contribution in [1.29, 1.82) is 0 Å². The molecule has 2 aromatic heterocycles. The number of rotatable bonds is 6. The van der Waals surface area contributed by atoms with Gasteiger partial charge in [0.25, 0.3) is 5.91 Å². The molecule has 2 amide bonds. The van der Waals surface area contributed by atoms with Gasteiger partial charge in [-0.15, -0.1) is 0 Å². The van der Waals surface area contributed by atoms with E-state index in [1.807, 2.05) is 22.9 Å². The van der Waals surface area contributed by atoms with E-state index >= 15 is 0 Å². The molecule has 4 rings (SSSR count). The molecule has 1 saturated heterocycles. The number of nitrogens with zero attached hydrogens (tertiary/aromatic N) is 4. The summed E-state index contributed by atoms with van der Waals surface area (Å²) in [7, 11) is 1.86. The summed E-state index contributed by atoms with van der Waals surface area (Å²) in [6, 6.07) is 7.33. The molecule has 0 radical (unpaired) electrons. The monoisotopic (exact) mass is 413 g/mol. The van der Waals surface area contributed by atoms with Crippen molar-refractivity contribution in [2.24, 2.45) is 5.92 Å². The van der Waals surface area contributed by atoms with E-state index in [0.717, 1.165) is 24.8 Å². The molecular formula is C21H24ClN5O2. The van der Waals surface area contributed by atoms with Crippen molar-refractivity contribution in [2.75, 3.05) is 25.5 Å². The van der Waals surface area contributed by atoms with Crippen molar-refractivity contribution in [3.63, 3.8) is 0 Å². The minimum atomic E-state index is -0.0410. The number of aromatic nitrogens is 2. The van der Waals surface area contributed by atoms with E-state index in [9.17, 15) is 9.59 Å². The van der Waals surface area contributed by atoms with Gasteiger partial charge >= 0.3 is 0 Å².